The van der Waals surface area contributed by atoms with Crippen LogP contribution in [0.1, 0.15) is 31.4 Å². The Morgan fingerprint density at radius 3 is 2.23 bits per heavy atom. The summed E-state index contributed by atoms with van der Waals surface area (Å²) >= 11 is 0. The minimum Gasteiger partial charge on any atom is -0.345 e. The van der Waals surface area contributed by atoms with Crippen LogP contribution in [-0.4, -0.2) is 42.3 Å². The number of carbonyl (C=O) groups is 3. The summed E-state index contributed by atoms with van der Waals surface area (Å²) in [4.78, 5) is 38.6. The zero-order chi connectivity index (χ0) is 21.9. The second-order valence-corrected chi connectivity index (χ2v) is 7.84. The molecule has 0 spiro atoms. The molecule has 0 fully saturated rings. The van der Waals surface area contributed by atoms with Crippen molar-refractivity contribution in [3.8, 4) is 0 Å². The Bertz CT molecular complexity index is 833. The molecule has 160 valence electrons. The molecule has 2 aromatic rings. The first kappa shape index (κ1) is 23.1. The maximum absolute atomic E-state index is 12.7. The number of amides is 3. The van der Waals surface area contributed by atoms with Crippen molar-refractivity contribution in [1.29, 1.82) is 0 Å². The van der Waals surface area contributed by atoms with Gasteiger partial charge in [0.2, 0.25) is 17.7 Å². The van der Waals surface area contributed by atoms with Crippen LogP contribution in [0.15, 0.2) is 54.6 Å². The van der Waals surface area contributed by atoms with Crippen molar-refractivity contribution in [1.82, 2.24) is 10.2 Å². The lowest BCUT2D eigenvalue weighted by molar-refractivity contribution is -0.136. The summed E-state index contributed by atoms with van der Waals surface area (Å²) in [5.41, 5.74) is 2.87. The molecule has 2 N–H and O–H groups in total. The van der Waals surface area contributed by atoms with Gasteiger partial charge in [-0.1, -0.05) is 61.9 Å². The van der Waals surface area contributed by atoms with Crippen LogP contribution >= 0.6 is 0 Å². The van der Waals surface area contributed by atoms with E-state index in [2.05, 4.69) is 10.6 Å². The van der Waals surface area contributed by atoms with Crippen LogP contribution in [0.5, 0.6) is 0 Å². The van der Waals surface area contributed by atoms with Gasteiger partial charge in [0.15, 0.2) is 0 Å². The zero-order valence-electron chi connectivity index (χ0n) is 18.0. The van der Waals surface area contributed by atoms with E-state index in [4.69, 9.17) is 0 Å². The second kappa shape index (κ2) is 11.8. The van der Waals surface area contributed by atoms with E-state index >= 15 is 0 Å². The van der Waals surface area contributed by atoms with Gasteiger partial charge in [-0.25, -0.2) is 0 Å². The van der Waals surface area contributed by atoms with Crippen molar-refractivity contribution in [2.45, 2.75) is 33.6 Å². The van der Waals surface area contributed by atoms with Gasteiger partial charge in [0.1, 0.15) is 0 Å². The first-order valence-electron chi connectivity index (χ1n) is 10.3. The Morgan fingerprint density at radius 1 is 0.933 bits per heavy atom. The highest BCUT2D eigenvalue weighted by molar-refractivity contribution is 5.95. The fourth-order valence-corrected chi connectivity index (χ4v) is 3.00. The first-order chi connectivity index (χ1) is 14.3. The molecule has 2 aromatic carbocycles. The fraction of sp³-hybridized carbons (Fsp3) is 0.375. The van der Waals surface area contributed by atoms with Crippen molar-refractivity contribution >= 4 is 23.4 Å². The predicted octanol–water partition coefficient (Wildman–Crippen LogP) is 3.17. The van der Waals surface area contributed by atoms with Gasteiger partial charge in [-0.2, -0.15) is 0 Å². The number of hydrogen-bond donors (Lipinski definition) is 2. The van der Waals surface area contributed by atoms with Gasteiger partial charge in [0, 0.05) is 18.7 Å². The molecule has 0 aromatic heterocycles. The Labute approximate surface area is 178 Å². The maximum atomic E-state index is 12.7. The molecule has 0 aliphatic rings. The molecule has 0 saturated carbocycles. The summed E-state index contributed by atoms with van der Waals surface area (Å²) in [7, 11) is 0. The molecule has 0 atom stereocenters. The lowest BCUT2D eigenvalue weighted by Crippen LogP contribution is -2.44. The third-order valence-electron chi connectivity index (χ3n) is 4.52. The van der Waals surface area contributed by atoms with Gasteiger partial charge in [-0.15, -0.1) is 0 Å². The van der Waals surface area contributed by atoms with Gasteiger partial charge in [-0.3, -0.25) is 14.4 Å². The summed E-state index contributed by atoms with van der Waals surface area (Å²) in [6.07, 6.45) is 0.979. The second-order valence-electron chi connectivity index (χ2n) is 7.84. The molecule has 6 nitrogen and oxygen atoms in total. The lowest BCUT2D eigenvalue weighted by atomic mass is 10.1. The molecule has 0 unspecified atom stereocenters. The lowest BCUT2D eigenvalue weighted by Gasteiger charge is -2.24. The minimum absolute atomic E-state index is 0.0520. The Balaban J connectivity index is 1.82. The molecular formula is C24H31N3O3. The fourth-order valence-electron chi connectivity index (χ4n) is 3.00. The van der Waals surface area contributed by atoms with Gasteiger partial charge in [0.25, 0.3) is 0 Å². The summed E-state index contributed by atoms with van der Waals surface area (Å²) in [6, 6.07) is 17.2. The summed E-state index contributed by atoms with van der Waals surface area (Å²) in [5, 5.41) is 5.34. The first-order valence-corrected chi connectivity index (χ1v) is 10.3. The van der Waals surface area contributed by atoms with E-state index in [1.807, 2.05) is 75.4 Å². The Morgan fingerprint density at radius 2 is 1.60 bits per heavy atom. The van der Waals surface area contributed by atoms with E-state index < -0.39 is 0 Å². The molecule has 6 heteroatoms. The number of carbonyl (C=O) groups excluding carboxylic acids is 3. The third-order valence-corrected chi connectivity index (χ3v) is 4.52. The molecule has 0 heterocycles. The van der Waals surface area contributed by atoms with Crippen molar-refractivity contribution in [3.63, 3.8) is 0 Å². The van der Waals surface area contributed by atoms with Crippen molar-refractivity contribution in [2.75, 3.05) is 25.0 Å². The van der Waals surface area contributed by atoms with Gasteiger partial charge >= 0.3 is 0 Å². The molecule has 30 heavy (non-hydrogen) atoms. The van der Waals surface area contributed by atoms with Gasteiger partial charge in [0.05, 0.1) is 13.1 Å². The highest BCUT2D eigenvalue weighted by Crippen LogP contribution is 2.09. The van der Waals surface area contributed by atoms with Crippen LogP contribution in [0.2, 0.25) is 0 Å². The van der Waals surface area contributed by atoms with E-state index in [0.29, 0.717) is 25.1 Å². The maximum Gasteiger partial charge on any atom is 0.243 e. The Hall–Kier alpha value is -3.15. The number of nitrogens with one attached hydrogen (secondary N) is 2. The average Bonchev–Trinajstić information content (AvgIpc) is 2.72. The van der Waals surface area contributed by atoms with Gasteiger partial charge in [-0.05, 0) is 37.0 Å². The topological polar surface area (TPSA) is 78.5 Å². The van der Waals surface area contributed by atoms with Crippen LogP contribution in [0, 0.1) is 12.8 Å². The zero-order valence-corrected chi connectivity index (χ0v) is 18.0. The molecule has 0 saturated heterocycles. The van der Waals surface area contributed by atoms with E-state index in [0.717, 1.165) is 11.1 Å². The van der Waals surface area contributed by atoms with Gasteiger partial charge < -0.3 is 15.5 Å². The largest absolute Gasteiger partial charge is 0.345 e. The molecule has 0 bridgehead atoms. The summed E-state index contributed by atoms with van der Waals surface area (Å²) in [5.74, 6) is -0.476. The number of benzene rings is 2. The minimum atomic E-state index is -0.345. The number of hydrogen-bond acceptors (Lipinski definition) is 3. The standard InChI is InChI=1S/C24H31N3O3/c1-18(2)16-27(24(30)14-11-20-7-5-4-6-8-20)17-23(29)25-15-22(28)26-21-12-9-19(3)10-13-21/h4-10,12-13,18H,11,14-17H2,1-3H3,(H,25,29)(H,26,28). The molecule has 2 rings (SSSR count). The predicted molar refractivity (Wildman–Crippen MR) is 119 cm³/mol. The van der Waals surface area contributed by atoms with Crippen LogP contribution in [0.3, 0.4) is 0 Å². The van der Waals surface area contributed by atoms with Crippen LogP contribution in [0.4, 0.5) is 5.69 Å². The monoisotopic (exact) mass is 409 g/mol. The molecule has 3 amide bonds. The summed E-state index contributed by atoms with van der Waals surface area (Å²) < 4.78 is 0. The number of anilines is 1. The van der Waals surface area contributed by atoms with Crippen LogP contribution < -0.4 is 10.6 Å². The number of nitrogens with zero attached hydrogens (tertiary/aromatic N) is 1. The Kier molecular flexibility index (Phi) is 9.06. The van der Waals surface area contributed by atoms with E-state index in [-0.39, 0.29) is 36.7 Å². The molecule has 0 aliphatic carbocycles. The normalized spacial score (nSPS) is 10.5. The molecular weight excluding hydrogens is 378 g/mol. The average molecular weight is 410 g/mol. The molecule has 0 radical (unpaired) electrons. The van der Waals surface area contributed by atoms with E-state index in [1.165, 1.54) is 0 Å². The van der Waals surface area contributed by atoms with Crippen LogP contribution in [0.25, 0.3) is 0 Å². The highest BCUT2D eigenvalue weighted by atomic mass is 16.2. The smallest absolute Gasteiger partial charge is 0.243 e. The van der Waals surface area contributed by atoms with E-state index in [1.54, 1.807) is 4.90 Å². The number of rotatable bonds is 10. The van der Waals surface area contributed by atoms with Crippen molar-refractivity contribution in [3.05, 3.63) is 65.7 Å². The third kappa shape index (κ3) is 8.47. The molecule has 0 aliphatic heterocycles. The van der Waals surface area contributed by atoms with Crippen molar-refractivity contribution < 1.29 is 14.4 Å². The SMILES string of the molecule is Cc1ccc(NC(=O)CNC(=O)CN(CC(C)C)C(=O)CCc2ccccc2)cc1. The number of aryl methyl sites for hydroxylation is 2. The summed E-state index contributed by atoms with van der Waals surface area (Å²) in [6.45, 7) is 6.28. The van der Waals surface area contributed by atoms with Crippen molar-refractivity contribution in [2.24, 2.45) is 5.92 Å². The quantitative estimate of drug-likeness (QED) is 0.633. The van der Waals surface area contributed by atoms with E-state index in [9.17, 15) is 14.4 Å². The highest BCUT2D eigenvalue weighted by Gasteiger charge is 2.18. The van der Waals surface area contributed by atoms with Crippen LogP contribution in [-0.2, 0) is 20.8 Å².